The van der Waals surface area contributed by atoms with E-state index in [2.05, 4.69) is 12.2 Å². The van der Waals surface area contributed by atoms with Crippen LogP contribution in [0, 0.1) is 0 Å². The minimum Gasteiger partial charge on any atom is -0.494 e. The lowest BCUT2D eigenvalue weighted by atomic mass is 10.0. The lowest BCUT2D eigenvalue weighted by Crippen LogP contribution is -2.42. The van der Waals surface area contributed by atoms with Gasteiger partial charge in [-0.05, 0) is 48.4 Å². The van der Waals surface area contributed by atoms with Crippen LogP contribution in [-0.2, 0) is 6.54 Å². The van der Waals surface area contributed by atoms with Gasteiger partial charge in [0.25, 0.3) is 5.91 Å². The summed E-state index contributed by atoms with van der Waals surface area (Å²) in [6.07, 6.45) is 2.27. The number of furan rings is 1. The highest BCUT2D eigenvalue weighted by atomic mass is 16.5. The van der Waals surface area contributed by atoms with Crippen molar-refractivity contribution in [3.63, 3.8) is 0 Å². The molecule has 5 nitrogen and oxygen atoms in total. The van der Waals surface area contributed by atoms with E-state index in [0.717, 1.165) is 29.2 Å². The predicted octanol–water partition coefficient (Wildman–Crippen LogP) is 4.84. The Morgan fingerprint density at radius 1 is 1.11 bits per heavy atom. The largest absolute Gasteiger partial charge is 0.494 e. The summed E-state index contributed by atoms with van der Waals surface area (Å²) in [5.74, 6) is 1.53. The minimum atomic E-state index is -0.303. The average Bonchev–Trinajstić information content (AvgIpc) is 3.22. The van der Waals surface area contributed by atoms with Crippen molar-refractivity contribution in [1.29, 1.82) is 0 Å². The Morgan fingerprint density at radius 3 is 2.81 bits per heavy atom. The average molecular weight is 362 g/mol. The number of anilines is 1. The lowest BCUT2D eigenvalue weighted by Gasteiger charge is -2.37. The Kier molecular flexibility index (Phi) is 4.83. The molecule has 1 aliphatic rings. The van der Waals surface area contributed by atoms with Crippen molar-refractivity contribution >= 4 is 11.6 Å². The molecule has 2 heterocycles. The molecule has 0 spiro atoms. The molecule has 27 heavy (non-hydrogen) atoms. The molecule has 5 heteroatoms. The molecule has 0 saturated carbocycles. The number of benzene rings is 2. The van der Waals surface area contributed by atoms with E-state index in [1.807, 2.05) is 60.7 Å². The fourth-order valence-electron chi connectivity index (χ4n) is 3.28. The van der Waals surface area contributed by atoms with Crippen LogP contribution in [0.5, 0.6) is 5.75 Å². The van der Waals surface area contributed by atoms with Crippen molar-refractivity contribution in [2.24, 2.45) is 0 Å². The molecular weight excluding hydrogens is 340 g/mol. The van der Waals surface area contributed by atoms with Crippen LogP contribution in [0.15, 0.2) is 71.3 Å². The number of hydrogen-bond donors (Lipinski definition) is 1. The molecule has 0 fully saturated rings. The third kappa shape index (κ3) is 3.53. The lowest BCUT2D eigenvalue weighted by molar-refractivity contribution is 0.0651. The van der Waals surface area contributed by atoms with Crippen molar-refractivity contribution in [2.75, 3.05) is 11.9 Å². The van der Waals surface area contributed by atoms with Gasteiger partial charge >= 0.3 is 0 Å². The summed E-state index contributed by atoms with van der Waals surface area (Å²) in [7, 11) is 0. The molecule has 0 saturated heterocycles. The highest BCUT2D eigenvalue weighted by Gasteiger charge is 2.33. The highest BCUT2D eigenvalue weighted by Crippen LogP contribution is 2.35. The number of amides is 1. The van der Waals surface area contributed by atoms with Crippen molar-refractivity contribution < 1.29 is 13.9 Å². The van der Waals surface area contributed by atoms with Gasteiger partial charge in [-0.1, -0.05) is 31.2 Å². The first-order chi connectivity index (χ1) is 13.3. The van der Waals surface area contributed by atoms with Crippen LogP contribution < -0.4 is 10.1 Å². The molecule has 1 unspecified atom stereocenters. The monoisotopic (exact) mass is 362 g/mol. The van der Waals surface area contributed by atoms with Gasteiger partial charge in [-0.25, -0.2) is 0 Å². The van der Waals surface area contributed by atoms with Gasteiger partial charge in [-0.3, -0.25) is 4.79 Å². The number of carbonyl (C=O) groups excluding carboxylic acids is 1. The summed E-state index contributed by atoms with van der Waals surface area (Å²) in [6, 6.07) is 19.2. The quantitative estimate of drug-likeness (QED) is 0.682. The van der Waals surface area contributed by atoms with Gasteiger partial charge in [0.2, 0.25) is 0 Å². The Labute approximate surface area is 158 Å². The maximum atomic E-state index is 13.2. The third-order valence-corrected chi connectivity index (χ3v) is 4.58. The maximum absolute atomic E-state index is 13.2. The summed E-state index contributed by atoms with van der Waals surface area (Å²) in [5.41, 5.74) is 2.47. The van der Waals surface area contributed by atoms with E-state index in [0.29, 0.717) is 18.7 Å². The van der Waals surface area contributed by atoms with Crippen LogP contribution in [-0.4, -0.2) is 17.4 Å². The van der Waals surface area contributed by atoms with E-state index < -0.39 is 0 Å². The van der Waals surface area contributed by atoms with Gasteiger partial charge < -0.3 is 19.4 Å². The van der Waals surface area contributed by atoms with Gasteiger partial charge in [-0.15, -0.1) is 0 Å². The van der Waals surface area contributed by atoms with Gasteiger partial charge in [0.05, 0.1) is 25.0 Å². The van der Waals surface area contributed by atoms with E-state index in [4.69, 9.17) is 9.15 Å². The number of carbonyl (C=O) groups is 1. The van der Waals surface area contributed by atoms with Crippen molar-refractivity contribution in [1.82, 2.24) is 4.90 Å². The standard InChI is InChI=1S/C22H22N2O3/c1-2-12-26-17-8-5-7-16(14-17)21-23-20-11-4-3-10-19(20)22(25)24(21)15-18-9-6-13-27-18/h3-11,13-14,21,23H,2,12,15H2,1H3. The zero-order chi connectivity index (χ0) is 18.6. The molecule has 138 valence electrons. The van der Waals surface area contributed by atoms with E-state index in [1.54, 1.807) is 11.2 Å². The van der Waals surface area contributed by atoms with Crippen LogP contribution in [0.2, 0.25) is 0 Å². The molecule has 0 aliphatic carbocycles. The Hall–Kier alpha value is -3.21. The number of nitrogens with zero attached hydrogens (tertiary/aromatic N) is 1. The summed E-state index contributed by atoms with van der Waals surface area (Å²) < 4.78 is 11.3. The maximum Gasteiger partial charge on any atom is 0.258 e. The Morgan fingerprint density at radius 2 is 2.00 bits per heavy atom. The van der Waals surface area contributed by atoms with Gasteiger partial charge in [-0.2, -0.15) is 0 Å². The number of para-hydroxylation sites is 1. The number of ether oxygens (including phenoxy) is 1. The molecule has 1 atom stereocenters. The molecule has 3 aromatic rings. The fraction of sp³-hybridized carbons (Fsp3) is 0.227. The van der Waals surface area contributed by atoms with E-state index in [9.17, 15) is 4.79 Å². The molecule has 2 aromatic carbocycles. The van der Waals surface area contributed by atoms with Crippen LogP contribution in [0.25, 0.3) is 0 Å². The number of fused-ring (bicyclic) bond motifs is 1. The molecule has 4 rings (SSSR count). The third-order valence-electron chi connectivity index (χ3n) is 4.58. The molecule has 1 aliphatic heterocycles. The first-order valence-electron chi connectivity index (χ1n) is 9.18. The topological polar surface area (TPSA) is 54.7 Å². The second-order valence-corrected chi connectivity index (χ2v) is 6.53. The van der Waals surface area contributed by atoms with Crippen molar-refractivity contribution in [3.8, 4) is 5.75 Å². The van der Waals surface area contributed by atoms with Crippen LogP contribution in [0.3, 0.4) is 0 Å². The number of nitrogens with one attached hydrogen (secondary N) is 1. The molecule has 0 radical (unpaired) electrons. The Bertz CT molecular complexity index is 921. The van der Waals surface area contributed by atoms with E-state index in [-0.39, 0.29) is 12.1 Å². The molecule has 0 bridgehead atoms. The van der Waals surface area contributed by atoms with Crippen LogP contribution in [0.1, 0.15) is 41.2 Å². The first-order valence-corrected chi connectivity index (χ1v) is 9.18. The molecule has 1 aromatic heterocycles. The molecular formula is C22H22N2O3. The predicted molar refractivity (Wildman–Crippen MR) is 104 cm³/mol. The smallest absolute Gasteiger partial charge is 0.258 e. The normalized spacial score (nSPS) is 16.0. The van der Waals surface area contributed by atoms with Crippen LogP contribution >= 0.6 is 0 Å². The minimum absolute atomic E-state index is 0.0226. The first kappa shape index (κ1) is 17.2. The van der Waals surface area contributed by atoms with Crippen molar-refractivity contribution in [3.05, 3.63) is 83.8 Å². The second-order valence-electron chi connectivity index (χ2n) is 6.53. The zero-order valence-electron chi connectivity index (χ0n) is 15.2. The highest BCUT2D eigenvalue weighted by molar-refractivity contribution is 6.01. The van der Waals surface area contributed by atoms with E-state index in [1.165, 1.54) is 0 Å². The van der Waals surface area contributed by atoms with Gasteiger partial charge in [0, 0.05) is 5.69 Å². The molecule has 1 amide bonds. The zero-order valence-corrected chi connectivity index (χ0v) is 15.2. The number of hydrogen-bond acceptors (Lipinski definition) is 4. The summed E-state index contributed by atoms with van der Waals surface area (Å²) >= 11 is 0. The summed E-state index contributed by atoms with van der Waals surface area (Å²) in [4.78, 5) is 15.0. The summed E-state index contributed by atoms with van der Waals surface area (Å²) in [6.45, 7) is 3.13. The SMILES string of the molecule is CCCOc1cccc(C2Nc3ccccc3C(=O)N2Cc2ccco2)c1. The second kappa shape index (κ2) is 7.58. The van der Waals surface area contributed by atoms with Crippen molar-refractivity contribution in [2.45, 2.75) is 26.1 Å². The molecule has 1 N–H and O–H groups in total. The Balaban J connectivity index is 1.71. The summed E-state index contributed by atoms with van der Waals surface area (Å²) in [5, 5.41) is 3.50. The van der Waals surface area contributed by atoms with Gasteiger partial charge in [0.1, 0.15) is 17.7 Å². The fourth-order valence-corrected chi connectivity index (χ4v) is 3.28. The van der Waals surface area contributed by atoms with E-state index >= 15 is 0 Å². The van der Waals surface area contributed by atoms with Crippen LogP contribution in [0.4, 0.5) is 5.69 Å². The van der Waals surface area contributed by atoms with Gasteiger partial charge in [0.15, 0.2) is 0 Å². The number of rotatable bonds is 6.